The first-order valence-electron chi connectivity index (χ1n) is 8.35. The van der Waals surface area contributed by atoms with Crippen molar-refractivity contribution in [2.24, 2.45) is 5.41 Å². The summed E-state index contributed by atoms with van der Waals surface area (Å²) in [6, 6.07) is 0. The summed E-state index contributed by atoms with van der Waals surface area (Å²) >= 11 is 0. The zero-order valence-electron chi connectivity index (χ0n) is 13.0. The second kappa shape index (κ2) is 7.17. The number of hydrogen-bond acceptors (Lipinski definition) is 5. The Morgan fingerprint density at radius 3 is 2.86 bits per heavy atom. The molecule has 0 unspecified atom stereocenters. The molecule has 1 aromatic rings. The average Bonchev–Trinajstić information content (AvgIpc) is 3.19. The van der Waals surface area contributed by atoms with E-state index < -0.39 is 0 Å². The van der Waals surface area contributed by atoms with Crippen molar-refractivity contribution in [3.63, 3.8) is 0 Å². The number of ether oxygens (including phenoxy) is 1. The van der Waals surface area contributed by atoms with Crippen LogP contribution in [0.4, 0.5) is 0 Å². The third-order valence-electron chi connectivity index (χ3n) is 4.89. The molecule has 1 amide bonds. The average molecular weight is 307 g/mol. The molecule has 3 rings (SSSR count). The van der Waals surface area contributed by atoms with Gasteiger partial charge in [0.1, 0.15) is 6.33 Å². The van der Waals surface area contributed by atoms with Crippen LogP contribution in [0.2, 0.25) is 0 Å². The van der Waals surface area contributed by atoms with Crippen LogP contribution in [0, 0.1) is 5.41 Å². The molecule has 122 valence electrons. The number of aromatic nitrogens is 4. The first-order valence-corrected chi connectivity index (χ1v) is 8.35. The van der Waals surface area contributed by atoms with Gasteiger partial charge >= 0.3 is 0 Å². The molecule has 7 heteroatoms. The maximum absolute atomic E-state index is 12.4. The number of nitrogens with one attached hydrogen (secondary N) is 1. The van der Waals surface area contributed by atoms with Crippen LogP contribution in [-0.4, -0.2) is 45.4 Å². The van der Waals surface area contributed by atoms with Gasteiger partial charge in [0, 0.05) is 19.6 Å². The van der Waals surface area contributed by atoms with Gasteiger partial charge in [-0.3, -0.25) is 4.79 Å². The molecule has 1 saturated heterocycles. The normalized spacial score (nSPS) is 24.3. The van der Waals surface area contributed by atoms with E-state index in [0.29, 0.717) is 13.0 Å². The fourth-order valence-electron chi connectivity index (χ4n) is 3.73. The van der Waals surface area contributed by atoms with Crippen molar-refractivity contribution >= 4 is 5.91 Å². The number of amides is 1. The van der Waals surface area contributed by atoms with E-state index in [0.717, 1.165) is 38.8 Å². The van der Waals surface area contributed by atoms with Crippen molar-refractivity contribution in [2.75, 3.05) is 13.2 Å². The van der Waals surface area contributed by atoms with Gasteiger partial charge in [-0.05, 0) is 41.5 Å². The lowest BCUT2D eigenvalue weighted by molar-refractivity contribution is -0.124. The zero-order chi connectivity index (χ0) is 15.3. The molecule has 0 aromatic carbocycles. The van der Waals surface area contributed by atoms with Gasteiger partial charge < -0.3 is 10.1 Å². The van der Waals surface area contributed by atoms with Gasteiger partial charge in [0.2, 0.25) is 5.91 Å². The molecular weight excluding hydrogens is 282 g/mol. The minimum atomic E-state index is -0.00571. The van der Waals surface area contributed by atoms with Crippen LogP contribution in [0.5, 0.6) is 0 Å². The lowest BCUT2D eigenvalue weighted by Crippen LogP contribution is -2.39. The summed E-state index contributed by atoms with van der Waals surface area (Å²) in [4.78, 5) is 12.4. The Morgan fingerprint density at radius 1 is 1.32 bits per heavy atom. The first-order chi connectivity index (χ1) is 10.8. The molecule has 1 aromatic heterocycles. The van der Waals surface area contributed by atoms with Crippen molar-refractivity contribution in [1.82, 2.24) is 25.5 Å². The number of carbonyl (C=O) groups excluding carboxylic acids is 1. The molecule has 1 aliphatic carbocycles. The fraction of sp³-hybridized carbons (Fsp3) is 0.867. The van der Waals surface area contributed by atoms with E-state index in [2.05, 4.69) is 20.8 Å². The molecule has 0 radical (unpaired) electrons. The SMILES string of the molecule is O=C(CC1(Cn2cnnn2)CCCCC1)NC[C@@H]1CCCO1. The predicted molar refractivity (Wildman–Crippen MR) is 79.9 cm³/mol. The molecule has 0 bridgehead atoms. The third-order valence-corrected chi connectivity index (χ3v) is 4.89. The second-order valence-electron chi connectivity index (χ2n) is 6.68. The van der Waals surface area contributed by atoms with Gasteiger partial charge in [-0.25, -0.2) is 4.68 Å². The Hall–Kier alpha value is -1.50. The third kappa shape index (κ3) is 4.03. The summed E-state index contributed by atoms with van der Waals surface area (Å²) in [6.07, 6.45) is 10.3. The predicted octanol–water partition coefficient (Wildman–Crippen LogP) is 1.31. The molecule has 0 spiro atoms. The Balaban J connectivity index is 1.55. The van der Waals surface area contributed by atoms with Gasteiger partial charge in [0.15, 0.2) is 0 Å². The van der Waals surface area contributed by atoms with Crippen LogP contribution in [0.1, 0.15) is 51.4 Å². The van der Waals surface area contributed by atoms with E-state index in [-0.39, 0.29) is 17.4 Å². The maximum Gasteiger partial charge on any atom is 0.220 e. The summed E-state index contributed by atoms with van der Waals surface area (Å²) in [7, 11) is 0. The summed E-state index contributed by atoms with van der Waals surface area (Å²) in [6.45, 7) is 2.19. The minimum Gasteiger partial charge on any atom is -0.376 e. The Kier molecular flexibility index (Phi) is 5.02. The van der Waals surface area contributed by atoms with E-state index in [4.69, 9.17) is 4.74 Å². The van der Waals surface area contributed by atoms with Crippen LogP contribution >= 0.6 is 0 Å². The van der Waals surface area contributed by atoms with Crippen molar-refractivity contribution in [3.05, 3.63) is 6.33 Å². The number of rotatable bonds is 6. The van der Waals surface area contributed by atoms with Crippen LogP contribution in [-0.2, 0) is 16.1 Å². The van der Waals surface area contributed by atoms with E-state index in [9.17, 15) is 4.79 Å². The molecule has 2 fully saturated rings. The summed E-state index contributed by atoms with van der Waals surface area (Å²) in [5, 5.41) is 14.4. The minimum absolute atomic E-state index is 0.00571. The second-order valence-corrected chi connectivity index (χ2v) is 6.68. The van der Waals surface area contributed by atoms with Crippen LogP contribution in [0.25, 0.3) is 0 Å². The number of nitrogens with zero attached hydrogens (tertiary/aromatic N) is 4. The highest BCUT2D eigenvalue weighted by molar-refractivity contribution is 5.76. The van der Waals surface area contributed by atoms with Gasteiger partial charge in [-0.15, -0.1) is 5.10 Å². The van der Waals surface area contributed by atoms with Gasteiger partial charge in [0.25, 0.3) is 0 Å². The highest BCUT2D eigenvalue weighted by atomic mass is 16.5. The van der Waals surface area contributed by atoms with E-state index in [1.165, 1.54) is 19.3 Å². The van der Waals surface area contributed by atoms with Crippen molar-refractivity contribution < 1.29 is 9.53 Å². The molecule has 22 heavy (non-hydrogen) atoms. The molecule has 1 N–H and O–H groups in total. The van der Waals surface area contributed by atoms with E-state index >= 15 is 0 Å². The maximum atomic E-state index is 12.4. The van der Waals surface area contributed by atoms with Gasteiger partial charge in [-0.2, -0.15) is 0 Å². The molecule has 1 aliphatic heterocycles. The first kappa shape index (κ1) is 15.4. The van der Waals surface area contributed by atoms with E-state index in [1.54, 1.807) is 11.0 Å². The fourth-order valence-corrected chi connectivity index (χ4v) is 3.73. The largest absolute Gasteiger partial charge is 0.376 e. The monoisotopic (exact) mass is 307 g/mol. The van der Waals surface area contributed by atoms with Crippen LogP contribution < -0.4 is 5.32 Å². The Morgan fingerprint density at radius 2 is 2.18 bits per heavy atom. The van der Waals surface area contributed by atoms with Crippen molar-refractivity contribution in [2.45, 2.75) is 64.0 Å². The number of hydrogen-bond donors (Lipinski definition) is 1. The van der Waals surface area contributed by atoms with Crippen molar-refractivity contribution in [1.29, 1.82) is 0 Å². The van der Waals surface area contributed by atoms with Crippen molar-refractivity contribution in [3.8, 4) is 0 Å². The summed E-state index contributed by atoms with van der Waals surface area (Å²) in [5.74, 6) is 0.130. The van der Waals surface area contributed by atoms with Crippen LogP contribution in [0.3, 0.4) is 0 Å². The molecule has 2 heterocycles. The summed E-state index contributed by atoms with van der Waals surface area (Å²) < 4.78 is 7.32. The topological polar surface area (TPSA) is 81.9 Å². The smallest absolute Gasteiger partial charge is 0.220 e. The lowest BCUT2D eigenvalue weighted by atomic mass is 9.71. The molecular formula is C15H25N5O2. The Labute approximate surface area is 130 Å². The number of carbonyl (C=O) groups is 1. The number of tetrazole rings is 1. The molecule has 7 nitrogen and oxygen atoms in total. The standard InChI is InChI=1S/C15H25N5O2/c21-14(16-10-13-5-4-8-22-13)9-15(6-2-1-3-7-15)11-20-12-17-18-19-20/h12-13H,1-11H2,(H,16,21)/t13-/m0/s1. The Bertz CT molecular complexity index is 464. The lowest BCUT2D eigenvalue weighted by Gasteiger charge is -2.36. The molecule has 1 atom stereocenters. The summed E-state index contributed by atoms with van der Waals surface area (Å²) in [5.41, 5.74) is -0.00571. The van der Waals surface area contributed by atoms with Gasteiger partial charge in [0.05, 0.1) is 12.6 Å². The molecule has 2 aliphatic rings. The highest BCUT2D eigenvalue weighted by Crippen LogP contribution is 2.40. The quantitative estimate of drug-likeness (QED) is 0.857. The van der Waals surface area contributed by atoms with Gasteiger partial charge in [-0.1, -0.05) is 19.3 Å². The van der Waals surface area contributed by atoms with E-state index in [1.807, 2.05) is 0 Å². The van der Waals surface area contributed by atoms with Crippen LogP contribution in [0.15, 0.2) is 6.33 Å². The zero-order valence-corrected chi connectivity index (χ0v) is 13.0. The highest BCUT2D eigenvalue weighted by Gasteiger charge is 2.35. The molecule has 1 saturated carbocycles.